The summed E-state index contributed by atoms with van der Waals surface area (Å²) in [6, 6.07) is 3.91. The number of benzene rings is 1. The Labute approximate surface area is 205 Å². The van der Waals surface area contributed by atoms with E-state index in [1.54, 1.807) is 26.8 Å². The fourth-order valence-corrected chi connectivity index (χ4v) is 3.53. The number of rotatable bonds is 10. The van der Waals surface area contributed by atoms with E-state index in [4.69, 9.17) is 4.74 Å². The standard InChI is InChI=1S/C27H43N3O4/c1-11-15-30(25(32)22(18(5)12-2)29-26(33)34-27(8,9)10)23(24(31)28-17(3)4)21-14-13-19(6)20(7)16-21/h11,13-14,16-18,22-23H,1,12,15H2,2-10H3,(H,28,31)(H,29,33). The first-order chi connectivity index (χ1) is 15.7. The third kappa shape index (κ3) is 8.50. The van der Waals surface area contributed by atoms with Crippen molar-refractivity contribution in [2.45, 2.75) is 92.5 Å². The summed E-state index contributed by atoms with van der Waals surface area (Å²) in [5.41, 5.74) is 2.12. The zero-order valence-electron chi connectivity index (χ0n) is 22.3. The van der Waals surface area contributed by atoms with Crippen molar-refractivity contribution in [1.82, 2.24) is 15.5 Å². The van der Waals surface area contributed by atoms with E-state index in [0.29, 0.717) is 12.0 Å². The number of ether oxygens (including phenoxy) is 1. The molecule has 0 saturated carbocycles. The van der Waals surface area contributed by atoms with Gasteiger partial charge < -0.3 is 20.3 Å². The Balaban J connectivity index is 3.50. The maximum atomic E-state index is 13.9. The lowest BCUT2D eigenvalue weighted by atomic mass is 9.94. The van der Waals surface area contributed by atoms with Gasteiger partial charge in [-0.25, -0.2) is 4.79 Å². The fourth-order valence-electron chi connectivity index (χ4n) is 3.53. The first-order valence-electron chi connectivity index (χ1n) is 12.0. The third-order valence-corrected chi connectivity index (χ3v) is 5.60. The van der Waals surface area contributed by atoms with Crippen molar-refractivity contribution in [1.29, 1.82) is 0 Å². The number of nitrogens with one attached hydrogen (secondary N) is 2. The highest BCUT2D eigenvalue weighted by Crippen LogP contribution is 2.26. The average Bonchev–Trinajstić information content (AvgIpc) is 2.71. The van der Waals surface area contributed by atoms with E-state index in [2.05, 4.69) is 17.2 Å². The Morgan fingerprint density at radius 2 is 1.71 bits per heavy atom. The van der Waals surface area contributed by atoms with Crippen LogP contribution < -0.4 is 10.6 Å². The van der Waals surface area contributed by atoms with Crippen LogP contribution in [0.15, 0.2) is 30.9 Å². The van der Waals surface area contributed by atoms with Crippen LogP contribution in [0.1, 0.15) is 77.6 Å². The zero-order chi connectivity index (χ0) is 26.2. The number of alkyl carbamates (subject to hydrolysis) is 1. The topological polar surface area (TPSA) is 87.7 Å². The van der Waals surface area contributed by atoms with Gasteiger partial charge >= 0.3 is 6.09 Å². The maximum absolute atomic E-state index is 13.9. The van der Waals surface area contributed by atoms with Crippen LogP contribution in [0.4, 0.5) is 4.79 Å². The van der Waals surface area contributed by atoms with Gasteiger partial charge in [-0.05, 0) is 71.1 Å². The van der Waals surface area contributed by atoms with Crippen molar-refractivity contribution >= 4 is 17.9 Å². The maximum Gasteiger partial charge on any atom is 0.408 e. The molecule has 1 rings (SSSR count). The molecule has 0 aliphatic rings. The Morgan fingerprint density at radius 1 is 1.09 bits per heavy atom. The Hall–Kier alpha value is -2.83. The summed E-state index contributed by atoms with van der Waals surface area (Å²) in [5, 5.41) is 5.70. The van der Waals surface area contributed by atoms with E-state index in [-0.39, 0.29) is 30.3 Å². The van der Waals surface area contributed by atoms with Crippen molar-refractivity contribution in [2.24, 2.45) is 5.92 Å². The Bertz CT molecular complexity index is 873. The second-order valence-electron chi connectivity index (χ2n) is 10.2. The number of nitrogens with zero attached hydrogens (tertiary/aromatic N) is 1. The average molecular weight is 474 g/mol. The molecule has 0 fully saturated rings. The lowest BCUT2D eigenvalue weighted by Gasteiger charge is -2.36. The minimum atomic E-state index is -0.876. The second-order valence-corrected chi connectivity index (χ2v) is 10.2. The molecule has 7 nitrogen and oxygen atoms in total. The third-order valence-electron chi connectivity index (χ3n) is 5.60. The zero-order valence-corrected chi connectivity index (χ0v) is 22.3. The van der Waals surface area contributed by atoms with Gasteiger partial charge in [-0.3, -0.25) is 9.59 Å². The molecular formula is C27H43N3O4. The van der Waals surface area contributed by atoms with E-state index in [9.17, 15) is 14.4 Å². The molecule has 1 aromatic rings. The molecule has 0 spiro atoms. The summed E-state index contributed by atoms with van der Waals surface area (Å²) in [7, 11) is 0. The van der Waals surface area contributed by atoms with E-state index in [0.717, 1.165) is 11.1 Å². The molecule has 0 radical (unpaired) electrons. The molecule has 0 aliphatic heterocycles. The van der Waals surface area contributed by atoms with Crippen LogP contribution in [0.2, 0.25) is 0 Å². The molecule has 2 N–H and O–H groups in total. The fraction of sp³-hybridized carbons (Fsp3) is 0.593. The highest BCUT2D eigenvalue weighted by Gasteiger charge is 2.37. The molecule has 0 bridgehead atoms. The second kappa shape index (κ2) is 12.6. The van der Waals surface area contributed by atoms with Gasteiger partial charge in [0.05, 0.1) is 0 Å². The monoisotopic (exact) mass is 473 g/mol. The van der Waals surface area contributed by atoms with Crippen LogP contribution in [0.5, 0.6) is 0 Å². The normalized spacial score (nSPS) is 14.1. The first-order valence-corrected chi connectivity index (χ1v) is 12.0. The van der Waals surface area contributed by atoms with E-state index in [1.165, 1.54) is 4.90 Å². The molecule has 7 heteroatoms. The number of carbonyl (C=O) groups is 3. The highest BCUT2D eigenvalue weighted by molar-refractivity contribution is 5.92. The van der Waals surface area contributed by atoms with Crippen LogP contribution in [0.3, 0.4) is 0 Å². The van der Waals surface area contributed by atoms with Gasteiger partial charge in [0.2, 0.25) is 11.8 Å². The minimum absolute atomic E-state index is 0.104. The largest absolute Gasteiger partial charge is 0.444 e. The van der Waals surface area contributed by atoms with Gasteiger partial charge in [0.25, 0.3) is 0 Å². The van der Waals surface area contributed by atoms with E-state index >= 15 is 0 Å². The van der Waals surface area contributed by atoms with Crippen LogP contribution in [-0.4, -0.2) is 47.0 Å². The molecule has 0 aromatic heterocycles. The Kier molecular flexibility index (Phi) is 10.8. The molecule has 0 saturated heterocycles. The van der Waals surface area contributed by atoms with Crippen molar-refractivity contribution in [3.05, 3.63) is 47.5 Å². The number of hydrogen-bond acceptors (Lipinski definition) is 4. The van der Waals surface area contributed by atoms with Gasteiger partial charge in [-0.1, -0.05) is 44.5 Å². The Morgan fingerprint density at radius 3 is 2.18 bits per heavy atom. The number of carbonyl (C=O) groups excluding carboxylic acids is 3. The molecule has 1 aromatic carbocycles. The summed E-state index contributed by atoms with van der Waals surface area (Å²) in [6.07, 6.45) is 1.58. The predicted molar refractivity (Wildman–Crippen MR) is 136 cm³/mol. The minimum Gasteiger partial charge on any atom is -0.444 e. The van der Waals surface area contributed by atoms with Gasteiger partial charge in [-0.15, -0.1) is 6.58 Å². The summed E-state index contributed by atoms with van der Waals surface area (Å²) in [4.78, 5) is 41.4. The van der Waals surface area contributed by atoms with Gasteiger partial charge in [0.15, 0.2) is 0 Å². The van der Waals surface area contributed by atoms with Gasteiger partial charge in [-0.2, -0.15) is 0 Å². The number of aryl methyl sites for hydroxylation is 2. The number of hydrogen-bond donors (Lipinski definition) is 2. The molecule has 0 aliphatic carbocycles. The number of amides is 3. The lowest BCUT2D eigenvalue weighted by molar-refractivity contribution is -0.143. The molecule has 3 unspecified atom stereocenters. The summed E-state index contributed by atoms with van der Waals surface area (Å²) < 4.78 is 5.41. The van der Waals surface area contributed by atoms with E-state index in [1.807, 2.05) is 59.7 Å². The quantitative estimate of drug-likeness (QED) is 0.477. The van der Waals surface area contributed by atoms with Crippen LogP contribution >= 0.6 is 0 Å². The molecule has 0 heterocycles. The van der Waals surface area contributed by atoms with Gasteiger partial charge in [0.1, 0.15) is 17.7 Å². The van der Waals surface area contributed by atoms with Crippen molar-refractivity contribution < 1.29 is 19.1 Å². The van der Waals surface area contributed by atoms with E-state index < -0.39 is 23.8 Å². The molecule has 3 atom stereocenters. The molecule has 34 heavy (non-hydrogen) atoms. The highest BCUT2D eigenvalue weighted by atomic mass is 16.6. The van der Waals surface area contributed by atoms with Crippen LogP contribution in [0, 0.1) is 19.8 Å². The molecule has 190 valence electrons. The summed E-state index contributed by atoms with van der Waals surface area (Å²) in [6.45, 7) is 20.8. The summed E-state index contributed by atoms with van der Waals surface area (Å²) in [5.74, 6) is -0.822. The van der Waals surface area contributed by atoms with Gasteiger partial charge in [0, 0.05) is 12.6 Å². The van der Waals surface area contributed by atoms with Crippen molar-refractivity contribution in [3.8, 4) is 0 Å². The smallest absolute Gasteiger partial charge is 0.408 e. The van der Waals surface area contributed by atoms with Crippen molar-refractivity contribution in [2.75, 3.05) is 6.54 Å². The predicted octanol–water partition coefficient (Wildman–Crippen LogP) is 4.82. The lowest BCUT2D eigenvalue weighted by Crippen LogP contribution is -2.55. The SMILES string of the molecule is C=CCN(C(=O)C(NC(=O)OC(C)(C)C)C(C)CC)C(C(=O)NC(C)C)c1ccc(C)c(C)c1. The summed E-state index contributed by atoms with van der Waals surface area (Å²) >= 11 is 0. The van der Waals surface area contributed by atoms with Crippen LogP contribution in [-0.2, 0) is 14.3 Å². The van der Waals surface area contributed by atoms with Crippen molar-refractivity contribution in [3.63, 3.8) is 0 Å². The molecular weight excluding hydrogens is 430 g/mol. The first kappa shape index (κ1) is 29.2. The van der Waals surface area contributed by atoms with Crippen LogP contribution in [0.25, 0.3) is 0 Å². The molecule has 3 amide bonds.